The average molecular weight is 311 g/mol. The molecule has 5 nitrogen and oxygen atoms in total. The van der Waals surface area contributed by atoms with Crippen LogP contribution in [0.3, 0.4) is 0 Å². The van der Waals surface area contributed by atoms with E-state index in [1.165, 1.54) is 0 Å². The summed E-state index contributed by atoms with van der Waals surface area (Å²) in [5.41, 5.74) is 1.83. The molecule has 0 aliphatic carbocycles. The predicted octanol–water partition coefficient (Wildman–Crippen LogP) is 3.16. The number of nitrogens with zero attached hydrogens (tertiary/aromatic N) is 3. The number of fused-ring (bicyclic) bond motifs is 1. The highest BCUT2D eigenvalue weighted by Gasteiger charge is 2.09. The van der Waals surface area contributed by atoms with Gasteiger partial charge in [-0.2, -0.15) is 4.98 Å². The topological polar surface area (TPSA) is 57.1 Å². The van der Waals surface area contributed by atoms with Crippen molar-refractivity contribution in [3.63, 3.8) is 0 Å². The molecule has 0 fully saturated rings. The molecule has 0 aliphatic rings. The number of terminal acetylenes is 1. The predicted molar refractivity (Wildman–Crippen MR) is 86.1 cm³/mol. The van der Waals surface area contributed by atoms with Crippen LogP contribution in [0.15, 0.2) is 30.3 Å². The van der Waals surface area contributed by atoms with Gasteiger partial charge in [-0.25, -0.2) is 0 Å². The Labute approximate surface area is 131 Å². The first-order valence-electron chi connectivity index (χ1n) is 6.65. The van der Waals surface area contributed by atoms with Crippen LogP contribution in [-0.2, 0) is 0 Å². The van der Waals surface area contributed by atoms with Gasteiger partial charge in [-0.1, -0.05) is 5.10 Å². The summed E-state index contributed by atoms with van der Waals surface area (Å²) in [7, 11) is 1.65. The normalized spacial score (nSPS) is 10.4. The molecular weight excluding hydrogens is 298 g/mol. The standard InChI is InChI=1S/C16H13N3O2S/c1-3-4-9-21-16-17-15-13(18-19-16)10-14(22-15)11-5-7-12(20-2)8-6-11/h1,5-8,10H,4,9H2,2H3. The number of ether oxygens (including phenoxy) is 2. The van der Waals surface area contributed by atoms with Gasteiger partial charge < -0.3 is 9.47 Å². The first-order valence-corrected chi connectivity index (χ1v) is 7.47. The number of hydrogen-bond acceptors (Lipinski definition) is 6. The number of methoxy groups -OCH3 is 1. The van der Waals surface area contributed by atoms with Gasteiger partial charge in [0.25, 0.3) is 0 Å². The molecule has 2 heterocycles. The Morgan fingerprint density at radius 1 is 1.23 bits per heavy atom. The van der Waals surface area contributed by atoms with Crippen molar-refractivity contribution in [3.8, 4) is 34.5 Å². The van der Waals surface area contributed by atoms with Gasteiger partial charge in [0.15, 0.2) is 0 Å². The van der Waals surface area contributed by atoms with Gasteiger partial charge >= 0.3 is 6.01 Å². The highest BCUT2D eigenvalue weighted by molar-refractivity contribution is 7.21. The van der Waals surface area contributed by atoms with Gasteiger partial charge in [0.05, 0.1) is 7.11 Å². The smallest absolute Gasteiger partial charge is 0.337 e. The lowest BCUT2D eigenvalue weighted by atomic mass is 10.2. The Hall–Kier alpha value is -2.65. The van der Waals surface area contributed by atoms with E-state index in [0.29, 0.717) is 13.0 Å². The largest absolute Gasteiger partial charge is 0.497 e. The molecule has 0 saturated carbocycles. The van der Waals surface area contributed by atoms with E-state index in [-0.39, 0.29) is 6.01 Å². The molecule has 6 heteroatoms. The number of hydrogen-bond donors (Lipinski definition) is 0. The molecule has 0 radical (unpaired) electrons. The minimum absolute atomic E-state index is 0.255. The first-order chi connectivity index (χ1) is 10.8. The lowest BCUT2D eigenvalue weighted by Crippen LogP contribution is -2.00. The van der Waals surface area contributed by atoms with Crippen LogP contribution in [0.4, 0.5) is 0 Å². The van der Waals surface area contributed by atoms with Gasteiger partial charge in [0.2, 0.25) is 0 Å². The van der Waals surface area contributed by atoms with Crippen molar-refractivity contribution in [1.29, 1.82) is 0 Å². The van der Waals surface area contributed by atoms with Crippen molar-refractivity contribution >= 4 is 21.7 Å². The van der Waals surface area contributed by atoms with Gasteiger partial charge in [-0.15, -0.1) is 28.8 Å². The van der Waals surface area contributed by atoms with Crippen LogP contribution >= 0.6 is 11.3 Å². The van der Waals surface area contributed by atoms with Crippen LogP contribution in [0.25, 0.3) is 20.8 Å². The summed E-state index contributed by atoms with van der Waals surface area (Å²) in [4.78, 5) is 6.21. The van der Waals surface area contributed by atoms with E-state index in [9.17, 15) is 0 Å². The summed E-state index contributed by atoms with van der Waals surface area (Å²) in [6.45, 7) is 0.389. The molecule has 1 aromatic carbocycles. The van der Waals surface area contributed by atoms with Crippen LogP contribution in [0.5, 0.6) is 11.8 Å². The van der Waals surface area contributed by atoms with Crippen LogP contribution < -0.4 is 9.47 Å². The molecule has 0 bridgehead atoms. The third-order valence-corrected chi connectivity index (χ3v) is 4.05. The minimum atomic E-state index is 0.255. The number of rotatable bonds is 5. The van der Waals surface area contributed by atoms with E-state index in [2.05, 4.69) is 21.1 Å². The molecular formula is C16H13N3O2S. The maximum atomic E-state index is 5.36. The van der Waals surface area contributed by atoms with Crippen molar-refractivity contribution in [2.45, 2.75) is 6.42 Å². The summed E-state index contributed by atoms with van der Waals surface area (Å²) in [5, 5.41) is 8.08. The monoisotopic (exact) mass is 311 g/mol. The molecule has 3 aromatic rings. The molecule has 0 saturated heterocycles. The zero-order chi connectivity index (χ0) is 15.4. The molecule has 0 unspecified atom stereocenters. The van der Waals surface area contributed by atoms with Crippen molar-refractivity contribution in [2.24, 2.45) is 0 Å². The van der Waals surface area contributed by atoms with Crippen molar-refractivity contribution in [1.82, 2.24) is 15.2 Å². The Morgan fingerprint density at radius 2 is 2.05 bits per heavy atom. The molecule has 110 valence electrons. The molecule has 22 heavy (non-hydrogen) atoms. The SMILES string of the molecule is C#CCCOc1nnc2cc(-c3ccc(OC)cc3)sc2n1. The Kier molecular flexibility index (Phi) is 4.17. The molecule has 0 N–H and O–H groups in total. The van der Waals surface area contributed by atoms with E-state index in [4.69, 9.17) is 15.9 Å². The summed E-state index contributed by atoms with van der Waals surface area (Å²) < 4.78 is 10.5. The van der Waals surface area contributed by atoms with Gasteiger partial charge in [0.1, 0.15) is 22.7 Å². The van der Waals surface area contributed by atoms with Crippen molar-refractivity contribution in [3.05, 3.63) is 30.3 Å². The molecule has 0 spiro atoms. The molecule has 0 aliphatic heterocycles. The van der Waals surface area contributed by atoms with Gasteiger partial charge in [0, 0.05) is 11.3 Å². The third kappa shape index (κ3) is 3.00. The first kappa shape index (κ1) is 14.3. The Bertz CT molecular complexity index is 822. The highest BCUT2D eigenvalue weighted by atomic mass is 32.1. The van der Waals surface area contributed by atoms with Crippen LogP contribution in [0.1, 0.15) is 6.42 Å². The van der Waals surface area contributed by atoms with E-state index >= 15 is 0 Å². The number of aromatic nitrogens is 3. The second kappa shape index (κ2) is 6.41. The van der Waals surface area contributed by atoms with E-state index in [1.54, 1.807) is 18.4 Å². The lowest BCUT2D eigenvalue weighted by Gasteiger charge is -2.00. The minimum Gasteiger partial charge on any atom is -0.497 e. The number of benzene rings is 1. The van der Waals surface area contributed by atoms with Crippen LogP contribution in [0.2, 0.25) is 0 Å². The fraction of sp³-hybridized carbons (Fsp3) is 0.188. The second-order valence-electron chi connectivity index (χ2n) is 4.43. The molecule has 2 aromatic heterocycles. The fourth-order valence-electron chi connectivity index (χ4n) is 1.89. The Morgan fingerprint density at radius 3 is 2.77 bits per heavy atom. The Balaban J connectivity index is 1.87. The van der Waals surface area contributed by atoms with Gasteiger partial charge in [-0.3, -0.25) is 0 Å². The van der Waals surface area contributed by atoms with Crippen molar-refractivity contribution in [2.75, 3.05) is 13.7 Å². The fourth-order valence-corrected chi connectivity index (χ4v) is 2.85. The highest BCUT2D eigenvalue weighted by Crippen LogP contribution is 2.32. The van der Waals surface area contributed by atoms with Gasteiger partial charge in [-0.05, 0) is 35.9 Å². The quantitative estimate of drug-likeness (QED) is 0.535. The lowest BCUT2D eigenvalue weighted by molar-refractivity contribution is 0.298. The average Bonchev–Trinajstić information content (AvgIpc) is 2.98. The maximum Gasteiger partial charge on any atom is 0.337 e. The van der Waals surface area contributed by atoms with Crippen LogP contribution in [0, 0.1) is 12.3 Å². The second-order valence-corrected chi connectivity index (χ2v) is 5.46. The third-order valence-electron chi connectivity index (χ3n) is 2.99. The number of thiophene rings is 1. The molecule has 3 rings (SSSR count). The molecule has 0 amide bonds. The summed E-state index contributed by atoms with van der Waals surface area (Å²) in [6.07, 6.45) is 5.70. The van der Waals surface area contributed by atoms with Crippen LogP contribution in [-0.4, -0.2) is 28.9 Å². The maximum absolute atomic E-state index is 5.36. The van der Waals surface area contributed by atoms with E-state index in [1.807, 2.05) is 30.3 Å². The van der Waals surface area contributed by atoms with E-state index < -0.39 is 0 Å². The zero-order valence-corrected chi connectivity index (χ0v) is 12.8. The molecule has 0 atom stereocenters. The van der Waals surface area contributed by atoms with E-state index in [0.717, 1.165) is 26.5 Å². The summed E-state index contributed by atoms with van der Waals surface area (Å²) in [5.74, 6) is 3.33. The summed E-state index contributed by atoms with van der Waals surface area (Å²) >= 11 is 1.54. The summed E-state index contributed by atoms with van der Waals surface area (Å²) in [6, 6.07) is 10.1. The van der Waals surface area contributed by atoms with Crippen molar-refractivity contribution < 1.29 is 9.47 Å². The zero-order valence-electron chi connectivity index (χ0n) is 11.9.